The second-order valence-corrected chi connectivity index (χ2v) is 4.51. The van der Waals surface area contributed by atoms with Crippen molar-refractivity contribution >= 4 is 28.7 Å². The first-order valence-corrected chi connectivity index (χ1v) is 5.83. The van der Waals surface area contributed by atoms with E-state index in [9.17, 15) is 0 Å². The van der Waals surface area contributed by atoms with E-state index in [1.807, 2.05) is 50.5 Å². The average Bonchev–Trinajstić information content (AvgIpc) is 2.32. The summed E-state index contributed by atoms with van der Waals surface area (Å²) in [6.07, 6.45) is 0. The molecule has 0 aromatic heterocycles. The molecule has 2 nitrogen and oxygen atoms in total. The lowest BCUT2D eigenvalue weighted by atomic mass is 10.2. The summed E-state index contributed by atoms with van der Waals surface area (Å²) in [4.78, 5) is 2.08. The van der Waals surface area contributed by atoms with Gasteiger partial charge in [-0.2, -0.15) is 0 Å². The molecule has 0 heterocycles. The van der Waals surface area contributed by atoms with Crippen LogP contribution >= 0.6 is 11.6 Å². The summed E-state index contributed by atoms with van der Waals surface area (Å²) in [7, 11) is 4.06. The van der Waals surface area contributed by atoms with Crippen molar-refractivity contribution < 1.29 is 0 Å². The number of anilines is 3. The molecule has 0 amide bonds. The molecule has 0 saturated carbocycles. The third kappa shape index (κ3) is 3.14. The molecule has 3 heteroatoms. The van der Waals surface area contributed by atoms with Crippen LogP contribution in [0.15, 0.2) is 48.5 Å². The van der Waals surface area contributed by atoms with Crippen molar-refractivity contribution in [1.82, 2.24) is 0 Å². The molecule has 0 unspecified atom stereocenters. The Kier molecular flexibility index (Phi) is 3.55. The molecule has 0 fully saturated rings. The van der Waals surface area contributed by atoms with Crippen LogP contribution in [0.2, 0.25) is 5.02 Å². The highest BCUT2D eigenvalue weighted by molar-refractivity contribution is 6.30. The fourth-order valence-electron chi connectivity index (χ4n) is 1.56. The summed E-state index contributed by atoms with van der Waals surface area (Å²) in [6, 6.07) is 15.9. The Labute approximate surface area is 107 Å². The molecular weight excluding hydrogens is 232 g/mol. The number of benzene rings is 2. The molecule has 88 valence electrons. The summed E-state index contributed by atoms with van der Waals surface area (Å²) >= 11 is 5.85. The van der Waals surface area contributed by atoms with Gasteiger partial charge < -0.3 is 10.2 Å². The second-order valence-electron chi connectivity index (χ2n) is 4.08. The van der Waals surface area contributed by atoms with Crippen LogP contribution < -0.4 is 10.2 Å². The molecule has 0 atom stereocenters. The highest BCUT2D eigenvalue weighted by atomic mass is 35.5. The van der Waals surface area contributed by atoms with Gasteiger partial charge in [0.15, 0.2) is 0 Å². The largest absolute Gasteiger partial charge is 0.378 e. The first-order chi connectivity index (χ1) is 8.15. The Bertz CT molecular complexity index is 492. The monoisotopic (exact) mass is 246 g/mol. The SMILES string of the molecule is CN(C)c1cccc(Nc2ccc(Cl)cc2)c1. The van der Waals surface area contributed by atoms with Crippen molar-refractivity contribution in [2.75, 3.05) is 24.3 Å². The normalized spacial score (nSPS) is 10.1. The van der Waals surface area contributed by atoms with Crippen molar-refractivity contribution in [3.8, 4) is 0 Å². The van der Waals surface area contributed by atoms with Crippen LogP contribution in [-0.2, 0) is 0 Å². The summed E-state index contributed by atoms with van der Waals surface area (Å²) in [5.74, 6) is 0. The summed E-state index contributed by atoms with van der Waals surface area (Å²) < 4.78 is 0. The maximum Gasteiger partial charge on any atom is 0.0407 e. The number of hydrogen-bond acceptors (Lipinski definition) is 2. The maximum absolute atomic E-state index is 5.85. The van der Waals surface area contributed by atoms with Crippen molar-refractivity contribution in [2.24, 2.45) is 0 Å². The Morgan fingerprint density at radius 1 is 0.941 bits per heavy atom. The Morgan fingerprint density at radius 2 is 1.65 bits per heavy atom. The lowest BCUT2D eigenvalue weighted by molar-refractivity contribution is 1.13. The van der Waals surface area contributed by atoms with Gasteiger partial charge in [-0.3, -0.25) is 0 Å². The maximum atomic E-state index is 5.85. The Balaban J connectivity index is 2.18. The van der Waals surface area contributed by atoms with Crippen molar-refractivity contribution in [2.45, 2.75) is 0 Å². The molecule has 0 aliphatic rings. The smallest absolute Gasteiger partial charge is 0.0407 e. The minimum Gasteiger partial charge on any atom is -0.378 e. The number of nitrogens with one attached hydrogen (secondary N) is 1. The van der Waals surface area contributed by atoms with Gasteiger partial charge in [0.2, 0.25) is 0 Å². The van der Waals surface area contributed by atoms with Gasteiger partial charge in [-0.25, -0.2) is 0 Å². The molecule has 0 aliphatic heterocycles. The molecule has 0 saturated heterocycles. The fraction of sp³-hybridized carbons (Fsp3) is 0.143. The molecular formula is C14H15ClN2. The molecule has 1 N–H and O–H groups in total. The Hall–Kier alpha value is -1.67. The molecule has 0 spiro atoms. The molecule has 17 heavy (non-hydrogen) atoms. The second kappa shape index (κ2) is 5.11. The molecule has 2 rings (SSSR count). The number of halogens is 1. The van der Waals surface area contributed by atoms with Crippen LogP contribution in [0.4, 0.5) is 17.1 Å². The van der Waals surface area contributed by atoms with Gasteiger partial charge in [-0.05, 0) is 42.5 Å². The van der Waals surface area contributed by atoms with Crippen molar-refractivity contribution in [3.05, 3.63) is 53.6 Å². The van der Waals surface area contributed by atoms with E-state index < -0.39 is 0 Å². The fourth-order valence-corrected chi connectivity index (χ4v) is 1.69. The lowest BCUT2D eigenvalue weighted by Crippen LogP contribution is -2.08. The number of hydrogen-bond donors (Lipinski definition) is 1. The van der Waals surface area contributed by atoms with E-state index >= 15 is 0 Å². The third-order valence-corrected chi connectivity index (χ3v) is 2.75. The minimum absolute atomic E-state index is 0.748. The molecule has 2 aromatic carbocycles. The van der Waals surface area contributed by atoms with Gasteiger partial charge in [-0.1, -0.05) is 17.7 Å². The van der Waals surface area contributed by atoms with Gasteiger partial charge >= 0.3 is 0 Å². The van der Waals surface area contributed by atoms with Crippen LogP contribution in [0.25, 0.3) is 0 Å². The van der Waals surface area contributed by atoms with E-state index in [0.29, 0.717) is 0 Å². The minimum atomic E-state index is 0.748. The van der Waals surface area contributed by atoms with E-state index in [4.69, 9.17) is 11.6 Å². The quantitative estimate of drug-likeness (QED) is 0.875. The van der Waals surface area contributed by atoms with Gasteiger partial charge in [0.1, 0.15) is 0 Å². The van der Waals surface area contributed by atoms with Crippen LogP contribution in [0, 0.1) is 0 Å². The van der Waals surface area contributed by atoms with Crippen molar-refractivity contribution in [1.29, 1.82) is 0 Å². The van der Waals surface area contributed by atoms with Gasteiger partial charge in [0, 0.05) is 36.2 Å². The number of rotatable bonds is 3. The van der Waals surface area contributed by atoms with E-state index in [1.54, 1.807) is 0 Å². The topological polar surface area (TPSA) is 15.3 Å². The van der Waals surface area contributed by atoms with E-state index in [2.05, 4.69) is 22.3 Å². The zero-order valence-corrected chi connectivity index (χ0v) is 10.7. The van der Waals surface area contributed by atoms with Crippen LogP contribution in [0.3, 0.4) is 0 Å². The van der Waals surface area contributed by atoms with E-state index in [0.717, 1.165) is 16.4 Å². The van der Waals surface area contributed by atoms with Crippen molar-refractivity contribution in [3.63, 3.8) is 0 Å². The van der Waals surface area contributed by atoms with Gasteiger partial charge in [0.25, 0.3) is 0 Å². The number of nitrogens with zero attached hydrogens (tertiary/aromatic N) is 1. The molecule has 0 bridgehead atoms. The van der Waals surface area contributed by atoms with E-state index in [1.165, 1.54) is 5.69 Å². The van der Waals surface area contributed by atoms with Gasteiger partial charge in [0.05, 0.1) is 0 Å². The van der Waals surface area contributed by atoms with Crippen LogP contribution in [0.1, 0.15) is 0 Å². The standard InChI is InChI=1S/C14H15ClN2/c1-17(2)14-5-3-4-13(10-14)16-12-8-6-11(15)7-9-12/h3-10,16H,1-2H3. The summed E-state index contributed by atoms with van der Waals surface area (Å²) in [5.41, 5.74) is 3.27. The summed E-state index contributed by atoms with van der Waals surface area (Å²) in [6.45, 7) is 0. The molecule has 2 aromatic rings. The lowest BCUT2D eigenvalue weighted by Gasteiger charge is -2.14. The zero-order valence-electron chi connectivity index (χ0n) is 9.94. The highest BCUT2D eigenvalue weighted by Crippen LogP contribution is 2.22. The Morgan fingerprint density at radius 3 is 2.29 bits per heavy atom. The molecule has 0 aliphatic carbocycles. The first kappa shape index (κ1) is 11.8. The zero-order chi connectivity index (χ0) is 12.3. The predicted octanol–water partition coefficient (Wildman–Crippen LogP) is 4.15. The first-order valence-electron chi connectivity index (χ1n) is 5.45. The highest BCUT2D eigenvalue weighted by Gasteiger charge is 1.98. The predicted molar refractivity (Wildman–Crippen MR) is 75.5 cm³/mol. The average molecular weight is 247 g/mol. The van der Waals surface area contributed by atoms with Gasteiger partial charge in [-0.15, -0.1) is 0 Å². The van der Waals surface area contributed by atoms with Crippen LogP contribution in [0.5, 0.6) is 0 Å². The molecule has 0 radical (unpaired) electrons. The summed E-state index contributed by atoms with van der Waals surface area (Å²) in [5, 5.41) is 4.09. The van der Waals surface area contributed by atoms with Crippen LogP contribution in [-0.4, -0.2) is 14.1 Å². The van der Waals surface area contributed by atoms with E-state index in [-0.39, 0.29) is 0 Å². The third-order valence-electron chi connectivity index (χ3n) is 2.50.